The highest BCUT2D eigenvalue weighted by atomic mass is 19.1. The molecule has 0 amide bonds. The van der Waals surface area contributed by atoms with Gasteiger partial charge in [-0.3, -0.25) is 4.90 Å². The second-order valence-corrected chi connectivity index (χ2v) is 8.88. The molecule has 172 valence electrons. The molecule has 5 rings (SSSR count). The minimum Gasteiger partial charge on any atom is -0.381 e. The fourth-order valence-electron chi connectivity index (χ4n) is 4.81. The van der Waals surface area contributed by atoms with E-state index < -0.39 is 11.6 Å². The average molecular weight is 451 g/mol. The smallest absolute Gasteiger partial charge is 0.148 e. The van der Waals surface area contributed by atoms with Crippen LogP contribution in [0.1, 0.15) is 29.5 Å². The highest BCUT2D eigenvalue weighted by Gasteiger charge is 2.22. The van der Waals surface area contributed by atoms with Crippen LogP contribution in [0.4, 0.5) is 14.6 Å². The lowest BCUT2D eigenvalue weighted by molar-refractivity contribution is 0.0506. The Morgan fingerprint density at radius 1 is 1.03 bits per heavy atom. The molecule has 1 aromatic heterocycles. The van der Waals surface area contributed by atoms with Crippen LogP contribution in [0.25, 0.3) is 11.3 Å². The monoisotopic (exact) mass is 450 g/mol. The Bertz CT molecular complexity index is 1100. The summed E-state index contributed by atoms with van der Waals surface area (Å²) in [6.45, 7) is 5.66. The van der Waals surface area contributed by atoms with Crippen LogP contribution in [-0.2, 0) is 24.2 Å². The van der Waals surface area contributed by atoms with Crippen molar-refractivity contribution in [2.45, 2.75) is 32.4 Å². The van der Waals surface area contributed by atoms with E-state index in [9.17, 15) is 8.78 Å². The number of benzene rings is 2. The molecule has 3 heterocycles. The van der Waals surface area contributed by atoms with Gasteiger partial charge >= 0.3 is 0 Å². The van der Waals surface area contributed by atoms with Gasteiger partial charge in [0.15, 0.2) is 0 Å². The Hall–Kier alpha value is -2.90. The lowest BCUT2D eigenvalue weighted by Gasteiger charge is -2.34. The van der Waals surface area contributed by atoms with E-state index in [-0.39, 0.29) is 5.56 Å². The lowest BCUT2D eigenvalue weighted by Crippen LogP contribution is -2.36. The third kappa shape index (κ3) is 5.20. The Morgan fingerprint density at radius 3 is 2.73 bits per heavy atom. The Balaban J connectivity index is 1.22. The van der Waals surface area contributed by atoms with E-state index >= 15 is 0 Å². The number of rotatable bonds is 6. The maximum absolute atomic E-state index is 14.0. The van der Waals surface area contributed by atoms with Gasteiger partial charge in [0.2, 0.25) is 0 Å². The average Bonchev–Trinajstić information content (AvgIpc) is 2.85. The van der Waals surface area contributed by atoms with Crippen molar-refractivity contribution in [2.24, 2.45) is 5.92 Å². The summed E-state index contributed by atoms with van der Waals surface area (Å²) < 4.78 is 32.9. The van der Waals surface area contributed by atoms with E-state index in [2.05, 4.69) is 38.6 Å². The van der Waals surface area contributed by atoms with Crippen LogP contribution >= 0.6 is 0 Å². The number of hydrogen-bond acceptors (Lipinski definition) is 5. The predicted molar refractivity (Wildman–Crippen MR) is 124 cm³/mol. The molecule has 1 saturated heterocycles. The number of hydrogen-bond donors (Lipinski definition) is 1. The molecule has 7 heteroatoms. The highest BCUT2D eigenvalue weighted by molar-refractivity contribution is 5.60. The van der Waals surface area contributed by atoms with E-state index in [0.29, 0.717) is 18.1 Å². The van der Waals surface area contributed by atoms with Crippen molar-refractivity contribution in [3.05, 3.63) is 76.9 Å². The van der Waals surface area contributed by atoms with Crippen molar-refractivity contribution >= 4 is 5.82 Å². The van der Waals surface area contributed by atoms with Gasteiger partial charge < -0.3 is 10.1 Å². The largest absolute Gasteiger partial charge is 0.381 e. The zero-order chi connectivity index (χ0) is 22.6. The van der Waals surface area contributed by atoms with Gasteiger partial charge in [0, 0.05) is 45.0 Å². The van der Waals surface area contributed by atoms with Crippen molar-refractivity contribution < 1.29 is 13.5 Å². The topological polar surface area (TPSA) is 50.3 Å². The highest BCUT2D eigenvalue weighted by Crippen LogP contribution is 2.26. The molecular formula is C26H28F2N4O. The molecule has 5 nitrogen and oxygen atoms in total. The number of anilines is 1. The zero-order valence-electron chi connectivity index (χ0n) is 18.6. The number of ether oxygens (including phenoxy) is 1. The minimum absolute atomic E-state index is 0.108. The predicted octanol–water partition coefficient (Wildman–Crippen LogP) is 4.82. The Morgan fingerprint density at radius 2 is 1.91 bits per heavy atom. The summed E-state index contributed by atoms with van der Waals surface area (Å²) in [5.41, 5.74) is 4.49. The van der Waals surface area contributed by atoms with Gasteiger partial charge in [0.05, 0.1) is 5.69 Å². The van der Waals surface area contributed by atoms with Crippen LogP contribution in [0.15, 0.2) is 48.5 Å². The van der Waals surface area contributed by atoms with E-state index in [4.69, 9.17) is 4.74 Å². The molecule has 2 aliphatic rings. The summed E-state index contributed by atoms with van der Waals surface area (Å²) in [5.74, 6) is 0.321. The molecule has 2 aliphatic heterocycles. The molecule has 1 N–H and O–H groups in total. The normalized spacial score (nSPS) is 17.0. The van der Waals surface area contributed by atoms with E-state index in [0.717, 1.165) is 63.4 Å². The molecule has 2 aromatic carbocycles. The first kappa shape index (κ1) is 21.9. The third-order valence-corrected chi connectivity index (χ3v) is 6.63. The molecule has 0 saturated carbocycles. The first-order valence-electron chi connectivity index (χ1n) is 11.6. The van der Waals surface area contributed by atoms with Crippen LogP contribution in [-0.4, -0.2) is 41.4 Å². The van der Waals surface area contributed by atoms with Gasteiger partial charge in [-0.2, -0.15) is 0 Å². The van der Waals surface area contributed by atoms with E-state index in [1.54, 1.807) is 12.1 Å². The second kappa shape index (κ2) is 9.93. The van der Waals surface area contributed by atoms with Crippen LogP contribution in [0.5, 0.6) is 0 Å². The summed E-state index contributed by atoms with van der Waals surface area (Å²) in [5, 5.41) is 11.6. The second-order valence-electron chi connectivity index (χ2n) is 8.88. The number of nitrogens with zero attached hydrogens (tertiary/aromatic N) is 3. The molecule has 33 heavy (non-hydrogen) atoms. The Kier molecular flexibility index (Phi) is 6.60. The maximum atomic E-state index is 14.0. The number of aromatic nitrogens is 2. The van der Waals surface area contributed by atoms with Gasteiger partial charge in [-0.15, -0.1) is 10.2 Å². The third-order valence-electron chi connectivity index (χ3n) is 6.63. The molecule has 0 unspecified atom stereocenters. The van der Waals surface area contributed by atoms with Crippen molar-refractivity contribution in [3.8, 4) is 11.3 Å². The number of nitrogens with one attached hydrogen (secondary N) is 1. The van der Waals surface area contributed by atoms with Crippen molar-refractivity contribution in [2.75, 3.05) is 31.6 Å². The summed E-state index contributed by atoms with van der Waals surface area (Å²) in [7, 11) is 0. The summed E-state index contributed by atoms with van der Waals surface area (Å²) in [6.07, 6.45) is 3.37. The summed E-state index contributed by atoms with van der Waals surface area (Å²) >= 11 is 0. The fourth-order valence-corrected chi connectivity index (χ4v) is 4.81. The van der Waals surface area contributed by atoms with Gasteiger partial charge in [-0.25, -0.2) is 8.78 Å². The number of fused-ring (bicyclic) bond motifs is 1. The SMILES string of the molecule is Fc1ccc(F)c(-c2ccc(NCc3cccc4c3CCN(CC3CCOCC3)C4)nn2)c1. The van der Waals surface area contributed by atoms with Crippen LogP contribution < -0.4 is 5.32 Å². The van der Waals surface area contributed by atoms with Gasteiger partial charge in [-0.05, 0) is 72.2 Å². The molecule has 0 spiro atoms. The molecule has 3 aromatic rings. The van der Waals surface area contributed by atoms with Crippen molar-refractivity contribution in [3.63, 3.8) is 0 Å². The molecule has 0 bridgehead atoms. The molecule has 0 atom stereocenters. The Labute approximate surface area is 192 Å². The quantitative estimate of drug-likeness (QED) is 0.584. The van der Waals surface area contributed by atoms with E-state index in [1.165, 1.54) is 29.5 Å². The van der Waals surface area contributed by atoms with E-state index in [1.807, 2.05) is 0 Å². The van der Waals surface area contributed by atoms with Gasteiger partial charge in [-0.1, -0.05) is 18.2 Å². The van der Waals surface area contributed by atoms with Crippen LogP contribution in [0.3, 0.4) is 0 Å². The minimum atomic E-state index is -0.520. The summed E-state index contributed by atoms with van der Waals surface area (Å²) in [4.78, 5) is 2.57. The molecule has 1 fully saturated rings. The first-order valence-corrected chi connectivity index (χ1v) is 11.6. The standard InChI is InChI=1S/C26H28F2N4O/c27-21-4-5-24(28)23(14-21)25-6-7-26(31-30-25)29-15-19-2-1-3-20-17-32(11-8-22(19)20)16-18-9-12-33-13-10-18/h1-7,14,18H,8-13,15-17H2,(H,29,31). The van der Waals surface area contributed by atoms with Crippen molar-refractivity contribution in [1.82, 2.24) is 15.1 Å². The van der Waals surface area contributed by atoms with Crippen LogP contribution in [0.2, 0.25) is 0 Å². The maximum Gasteiger partial charge on any atom is 0.148 e. The number of halogens is 2. The lowest BCUT2D eigenvalue weighted by atomic mass is 9.92. The van der Waals surface area contributed by atoms with Crippen molar-refractivity contribution in [1.29, 1.82) is 0 Å². The molecule has 0 radical (unpaired) electrons. The first-order chi connectivity index (χ1) is 16.2. The zero-order valence-corrected chi connectivity index (χ0v) is 18.6. The fraction of sp³-hybridized carbons (Fsp3) is 0.385. The van der Waals surface area contributed by atoms with Gasteiger partial charge in [0.25, 0.3) is 0 Å². The van der Waals surface area contributed by atoms with Gasteiger partial charge in [0.1, 0.15) is 17.5 Å². The molecule has 0 aliphatic carbocycles. The van der Waals surface area contributed by atoms with Crippen LogP contribution in [0, 0.1) is 17.6 Å². The molecular weight excluding hydrogens is 422 g/mol. The summed E-state index contributed by atoms with van der Waals surface area (Å²) in [6, 6.07) is 13.2.